The monoisotopic (exact) mass is 196 g/mol. The first-order chi connectivity index (χ1) is 6.41. The van der Waals surface area contributed by atoms with Crippen LogP contribution in [0.1, 0.15) is 26.3 Å². The lowest BCUT2D eigenvalue weighted by Crippen LogP contribution is -2.14. The zero-order valence-corrected chi connectivity index (χ0v) is 8.50. The summed E-state index contributed by atoms with van der Waals surface area (Å²) in [6.45, 7) is 5.91. The lowest BCUT2D eigenvalue weighted by atomic mass is 9.86. The van der Waals surface area contributed by atoms with E-state index in [1.807, 2.05) is 32.9 Å². The van der Waals surface area contributed by atoms with Crippen molar-refractivity contribution in [3.8, 4) is 5.75 Å². The van der Waals surface area contributed by atoms with E-state index in [0.717, 1.165) is 5.56 Å². The minimum absolute atomic E-state index is 0.175. The predicted molar refractivity (Wildman–Crippen MR) is 52.3 cm³/mol. The molecule has 1 aromatic rings. The van der Waals surface area contributed by atoms with Crippen LogP contribution in [0.5, 0.6) is 5.75 Å². The molecule has 0 saturated carbocycles. The molecule has 0 bridgehead atoms. The molecule has 0 atom stereocenters. The summed E-state index contributed by atoms with van der Waals surface area (Å²) in [4.78, 5) is 10.2. The van der Waals surface area contributed by atoms with Gasteiger partial charge in [-0.2, -0.15) is 0 Å². The molecule has 3 heteroatoms. The van der Waals surface area contributed by atoms with Gasteiger partial charge in [0.15, 0.2) is 0 Å². The Labute approximate surface area is 82.7 Å². The maximum atomic E-state index is 12.1. The second-order valence-corrected chi connectivity index (χ2v) is 4.09. The van der Waals surface area contributed by atoms with Crippen molar-refractivity contribution in [1.82, 2.24) is 0 Å². The number of carbonyl (C=O) groups excluding carboxylic acids is 1. The van der Waals surface area contributed by atoms with E-state index in [-0.39, 0.29) is 11.2 Å². The van der Waals surface area contributed by atoms with Crippen molar-refractivity contribution in [1.29, 1.82) is 0 Å². The minimum Gasteiger partial charge on any atom is -0.401 e. The fourth-order valence-corrected chi connectivity index (χ4v) is 1.26. The molecule has 0 aliphatic rings. The zero-order chi connectivity index (χ0) is 10.8. The molecule has 0 fully saturated rings. The van der Waals surface area contributed by atoms with Gasteiger partial charge in [0.2, 0.25) is 0 Å². The van der Waals surface area contributed by atoms with Gasteiger partial charge >= 0.3 is 6.22 Å². The number of para-hydroxylation sites is 1. The van der Waals surface area contributed by atoms with Gasteiger partial charge in [0.1, 0.15) is 5.75 Å². The van der Waals surface area contributed by atoms with Gasteiger partial charge in [-0.05, 0) is 11.5 Å². The molecular formula is C11H13FO2. The van der Waals surface area contributed by atoms with Crippen molar-refractivity contribution in [2.24, 2.45) is 0 Å². The van der Waals surface area contributed by atoms with E-state index in [2.05, 4.69) is 4.74 Å². The molecule has 2 nitrogen and oxygen atoms in total. The molecule has 76 valence electrons. The fraction of sp³-hybridized carbons (Fsp3) is 0.364. The van der Waals surface area contributed by atoms with E-state index < -0.39 is 6.22 Å². The van der Waals surface area contributed by atoms with Crippen molar-refractivity contribution in [2.45, 2.75) is 26.2 Å². The quantitative estimate of drug-likeness (QED) is 0.643. The number of hydrogen-bond acceptors (Lipinski definition) is 2. The summed E-state index contributed by atoms with van der Waals surface area (Å²) < 4.78 is 16.6. The first-order valence-electron chi connectivity index (χ1n) is 4.38. The molecule has 0 amide bonds. The maximum Gasteiger partial charge on any atom is 0.500 e. The van der Waals surface area contributed by atoms with Crippen LogP contribution in [0.3, 0.4) is 0 Å². The van der Waals surface area contributed by atoms with Crippen molar-refractivity contribution >= 4 is 6.22 Å². The number of halogens is 1. The summed E-state index contributed by atoms with van der Waals surface area (Å²) in [5.41, 5.74) is 0.637. The maximum absolute atomic E-state index is 12.1. The summed E-state index contributed by atoms with van der Waals surface area (Å²) in [6.07, 6.45) is -1.78. The van der Waals surface area contributed by atoms with Crippen LogP contribution in [-0.2, 0) is 5.41 Å². The highest BCUT2D eigenvalue weighted by Gasteiger charge is 2.19. The van der Waals surface area contributed by atoms with E-state index >= 15 is 0 Å². The topological polar surface area (TPSA) is 26.3 Å². The third kappa shape index (κ3) is 2.55. The largest absolute Gasteiger partial charge is 0.500 e. The number of carbonyl (C=O) groups is 1. The Morgan fingerprint density at radius 2 is 1.86 bits per heavy atom. The van der Waals surface area contributed by atoms with Crippen molar-refractivity contribution in [3.63, 3.8) is 0 Å². The molecule has 0 aliphatic carbocycles. The number of benzene rings is 1. The van der Waals surface area contributed by atoms with Gasteiger partial charge in [-0.25, -0.2) is 4.79 Å². The number of rotatable bonds is 1. The van der Waals surface area contributed by atoms with Crippen molar-refractivity contribution < 1.29 is 13.9 Å². The highest BCUT2D eigenvalue weighted by Crippen LogP contribution is 2.30. The van der Waals surface area contributed by atoms with Crippen LogP contribution in [0.15, 0.2) is 24.3 Å². The van der Waals surface area contributed by atoms with Crippen LogP contribution in [0.4, 0.5) is 9.18 Å². The van der Waals surface area contributed by atoms with Gasteiger partial charge in [0.05, 0.1) is 0 Å². The highest BCUT2D eigenvalue weighted by molar-refractivity contribution is 5.63. The molecule has 0 heterocycles. The Kier molecular flexibility index (Phi) is 2.89. The van der Waals surface area contributed by atoms with Gasteiger partial charge < -0.3 is 4.74 Å². The van der Waals surface area contributed by atoms with Gasteiger partial charge in [0.25, 0.3) is 0 Å². The Hall–Kier alpha value is -1.38. The minimum atomic E-state index is -1.78. The van der Waals surface area contributed by atoms with Crippen LogP contribution >= 0.6 is 0 Å². The van der Waals surface area contributed by atoms with Gasteiger partial charge in [-0.1, -0.05) is 39.0 Å². The SMILES string of the molecule is CC(C)(C)c1ccccc1OC(=O)F. The molecule has 0 radical (unpaired) electrons. The summed E-state index contributed by atoms with van der Waals surface area (Å²) in [5, 5.41) is 0. The van der Waals surface area contributed by atoms with Crippen LogP contribution < -0.4 is 4.74 Å². The van der Waals surface area contributed by atoms with Crippen LogP contribution in [0, 0.1) is 0 Å². The molecule has 1 aromatic carbocycles. The molecule has 0 aromatic heterocycles. The normalized spacial score (nSPS) is 11.1. The van der Waals surface area contributed by atoms with Crippen molar-refractivity contribution in [3.05, 3.63) is 29.8 Å². The smallest absolute Gasteiger partial charge is 0.401 e. The van der Waals surface area contributed by atoms with Gasteiger partial charge in [-0.3, -0.25) is 0 Å². The van der Waals surface area contributed by atoms with Gasteiger partial charge in [-0.15, -0.1) is 4.39 Å². The van der Waals surface area contributed by atoms with E-state index in [1.54, 1.807) is 12.1 Å². The third-order valence-electron chi connectivity index (χ3n) is 1.89. The van der Waals surface area contributed by atoms with E-state index in [1.165, 1.54) is 0 Å². The van der Waals surface area contributed by atoms with Crippen molar-refractivity contribution in [2.75, 3.05) is 0 Å². The Balaban J connectivity index is 3.10. The summed E-state index contributed by atoms with van der Waals surface area (Å²) in [5.74, 6) is 0.285. The summed E-state index contributed by atoms with van der Waals surface area (Å²) in [7, 11) is 0. The Morgan fingerprint density at radius 3 is 2.36 bits per heavy atom. The van der Waals surface area contributed by atoms with Gasteiger partial charge in [0, 0.05) is 5.56 Å². The predicted octanol–water partition coefficient (Wildman–Crippen LogP) is 3.45. The molecule has 0 N–H and O–H groups in total. The number of ether oxygens (including phenoxy) is 1. The average molecular weight is 196 g/mol. The fourth-order valence-electron chi connectivity index (χ4n) is 1.26. The average Bonchev–Trinajstić information content (AvgIpc) is 2.01. The standard InChI is InChI=1S/C11H13FO2/c1-11(2,3)8-6-4-5-7-9(8)14-10(12)13/h4-7H,1-3H3. The molecule has 0 unspecified atom stereocenters. The van der Waals surface area contributed by atoms with E-state index in [4.69, 9.17) is 0 Å². The Morgan fingerprint density at radius 1 is 1.29 bits per heavy atom. The summed E-state index contributed by atoms with van der Waals surface area (Å²) in [6, 6.07) is 6.93. The molecule has 14 heavy (non-hydrogen) atoms. The van der Waals surface area contributed by atoms with E-state index in [0.29, 0.717) is 0 Å². The van der Waals surface area contributed by atoms with Crippen LogP contribution in [-0.4, -0.2) is 6.22 Å². The first-order valence-corrected chi connectivity index (χ1v) is 4.38. The number of hydrogen-bond donors (Lipinski definition) is 0. The Bertz CT molecular complexity index is 339. The molecule has 0 aliphatic heterocycles. The van der Waals surface area contributed by atoms with Crippen LogP contribution in [0.25, 0.3) is 0 Å². The van der Waals surface area contributed by atoms with Crippen LogP contribution in [0.2, 0.25) is 0 Å². The lowest BCUT2D eigenvalue weighted by molar-refractivity contribution is 0.174. The molecular weight excluding hydrogens is 183 g/mol. The molecule has 0 spiro atoms. The highest BCUT2D eigenvalue weighted by atomic mass is 19.1. The lowest BCUT2D eigenvalue weighted by Gasteiger charge is -2.21. The second-order valence-electron chi connectivity index (χ2n) is 4.09. The zero-order valence-electron chi connectivity index (χ0n) is 8.50. The first kappa shape index (κ1) is 10.7. The summed E-state index contributed by atoms with van der Waals surface area (Å²) >= 11 is 0. The molecule has 0 saturated heterocycles. The second kappa shape index (κ2) is 3.78. The third-order valence-corrected chi connectivity index (χ3v) is 1.89. The molecule has 1 rings (SSSR count). The van der Waals surface area contributed by atoms with E-state index in [9.17, 15) is 9.18 Å².